The maximum Gasteiger partial charge on any atom is 0.105 e. The molecule has 1 N–H and O–H groups in total. The lowest BCUT2D eigenvalue weighted by Gasteiger charge is -2.50. The normalized spacial score (nSPS) is 33.8. The van der Waals surface area contributed by atoms with E-state index in [0.717, 1.165) is 12.2 Å². The fourth-order valence-corrected chi connectivity index (χ4v) is 3.12. The van der Waals surface area contributed by atoms with Crippen LogP contribution >= 0.6 is 0 Å². The minimum atomic E-state index is 0.490. The van der Waals surface area contributed by atoms with Gasteiger partial charge in [-0.3, -0.25) is 9.80 Å². The molecule has 17 heavy (non-hydrogen) atoms. The molecule has 4 heteroatoms. The van der Waals surface area contributed by atoms with Crippen LogP contribution in [-0.4, -0.2) is 61.7 Å². The molecule has 0 amide bonds. The Labute approximate surface area is 103 Å². The molecule has 3 aliphatic rings. The molecule has 2 unspecified atom stereocenters. The zero-order valence-electron chi connectivity index (χ0n) is 10.4. The third-order valence-corrected chi connectivity index (χ3v) is 4.16. The lowest BCUT2D eigenvalue weighted by atomic mass is 9.97. The molecule has 0 aliphatic carbocycles. The Bertz CT molecular complexity index is 344. The smallest absolute Gasteiger partial charge is 0.105 e. The van der Waals surface area contributed by atoms with E-state index in [9.17, 15) is 0 Å². The summed E-state index contributed by atoms with van der Waals surface area (Å²) in [6.45, 7) is 6.13. The van der Waals surface area contributed by atoms with Crippen molar-refractivity contribution < 1.29 is 4.42 Å². The first-order chi connectivity index (χ1) is 8.36. The second kappa shape index (κ2) is 4.80. The van der Waals surface area contributed by atoms with Crippen LogP contribution in [0.4, 0.5) is 0 Å². The summed E-state index contributed by atoms with van der Waals surface area (Å²) < 4.78 is 5.46. The zero-order valence-corrected chi connectivity index (χ0v) is 10.4. The predicted molar refractivity (Wildman–Crippen MR) is 67.1 cm³/mol. The molecule has 0 aromatic carbocycles. The Morgan fingerprint density at radius 1 is 1.41 bits per heavy atom. The number of hydrogen-bond acceptors (Lipinski definition) is 4. The molecule has 0 saturated carbocycles. The Balaban J connectivity index is 1.68. The van der Waals surface area contributed by atoms with Gasteiger partial charge in [-0.05, 0) is 19.2 Å². The van der Waals surface area contributed by atoms with Gasteiger partial charge in [0.05, 0.1) is 6.26 Å². The van der Waals surface area contributed by atoms with E-state index in [4.69, 9.17) is 4.42 Å². The maximum atomic E-state index is 5.46. The highest BCUT2D eigenvalue weighted by Crippen LogP contribution is 2.20. The van der Waals surface area contributed by atoms with Crippen molar-refractivity contribution in [3.63, 3.8) is 0 Å². The SMILES string of the molecule is CNC(Cc1ccco1)C1CN2CCN1CC2. The summed E-state index contributed by atoms with van der Waals surface area (Å²) in [5.41, 5.74) is 0. The first-order valence-corrected chi connectivity index (χ1v) is 6.53. The average Bonchev–Trinajstić information content (AvgIpc) is 2.90. The molecule has 2 bridgehead atoms. The van der Waals surface area contributed by atoms with Gasteiger partial charge >= 0.3 is 0 Å². The van der Waals surface area contributed by atoms with E-state index < -0.39 is 0 Å². The van der Waals surface area contributed by atoms with E-state index in [0.29, 0.717) is 12.1 Å². The summed E-state index contributed by atoms with van der Waals surface area (Å²) in [7, 11) is 2.06. The number of likely N-dealkylation sites (N-methyl/N-ethyl adjacent to an activating group) is 1. The van der Waals surface area contributed by atoms with Gasteiger partial charge in [-0.1, -0.05) is 0 Å². The first-order valence-electron chi connectivity index (χ1n) is 6.53. The lowest BCUT2D eigenvalue weighted by molar-refractivity contribution is -0.00267. The van der Waals surface area contributed by atoms with Crippen LogP contribution in [0.15, 0.2) is 22.8 Å². The van der Waals surface area contributed by atoms with Gasteiger partial charge in [-0.25, -0.2) is 0 Å². The lowest BCUT2D eigenvalue weighted by Crippen LogP contribution is -2.66. The van der Waals surface area contributed by atoms with Crippen molar-refractivity contribution >= 4 is 0 Å². The summed E-state index contributed by atoms with van der Waals surface area (Å²) in [4.78, 5) is 5.21. The largest absolute Gasteiger partial charge is 0.469 e. The quantitative estimate of drug-likeness (QED) is 0.819. The standard InChI is InChI=1S/C13H21N3O/c1-14-12(9-11-3-2-8-17-11)13-10-15-4-6-16(13)7-5-15/h2-3,8,12-14H,4-7,9-10H2,1H3. The topological polar surface area (TPSA) is 31.7 Å². The van der Waals surface area contributed by atoms with Crippen molar-refractivity contribution in [2.45, 2.75) is 18.5 Å². The van der Waals surface area contributed by atoms with E-state index >= 15 is 0 Å². The summed E-state index contributed by atoms with van der Waals surface area (Å²) in [5.74, 6) is 1.09. The van der Waals surface area contributed by atoms with Gasteiger partial charge in [0.1, 0.15) is 5.76 Å². The van der Waals surface area contributed by atoms with Crippen molar-refractivity contribution in [2.24, 2.45) is 0 Å². The molecule has 4 nitrogen and oxygen atoms in total. The molecule has 2 atom stereocenters. The van der Waals surface area contributed by atoms with Crippen molar-refractivity contribution in [1.29, 1.82) is 0 Å². The molecule has 3 aliphatic heterocycles. The zero-order chi connectivity index (χ0) is 11.7. The Kier molecular flexibility index (Phi) is 3.18. The molecule has 4 heterocycles. The van der Waals surface area contributed by atoms with Crippen LogP contribution in [0.3, 0.4) is 0 Å². The second-order valence-corrected chi connectivity index (χ2v) is 5.08. The third kappa shape index (κ3) is 2.25. The molecule has 0 spiro atoms. The summed E-state index contributed by atoms with van der Waals surface area (Å²) in [6.07, 6.45) is 2.75. The van der Waals surface area contributed by atoms with E-state index in [1.54, 1.807) is 6.26 Å². The summed E-state index contributed by atoms with van der Waals surface area (Å²) >= 11 is 0. The molecule has 3 saturated heterocycles. The van der Waals surface area contributed by atoms with Gasteiger partial charge in [0.15, 0.2) is 0 Å². The number of furan rings is 1. The van der Waals surface area contributed by atoms with Gasteiger partial charge < -0.3 is 9.73 Å². The van der Waals surface area contributed by atoms with Crippen molar-refractivity contribution in [3.8, 4) is 0 Å². The number of hydrogen-bond donors (Lipinski definition) is 1. The van der Waals surface area contributed by atoms with Crippen molar-refractivity contribution in [2.75, 3.05) is 39.8 Å². The highest BCUT2D eigenvalue weighted by Gasteiger charge is 2.36. The molecule has 4 rings (SSSR count). The van der Waals surface area contributed by atoms with Crippen LogP contribution < -0.4 is 5.32 Å². The predicted octanol–water partition coefficient (Wildman–Crippen LogP) is 0.410. The Hall–Kier alpha value is -0.840. The number of fused-ring (bicyclic) bond motifs is 3. The van der Waals surface area contributed by atoms with Crippen LogP contribution in [0.25, 0.3) is 0 Å². The first kappa shape index (κ1) is 11.3. The fraction of sp³-hybridized carbons (Fsp3) is 0.692. The van der Waals surface area contributed by atoms with E-state index in [1.807, 2.05) is 6.07 Å². The summed E-state index contributed by atoms with van der Waals surface area (Å²) in [5, 5.41) is 3.47. The minimum Gasteiger partial charge on any atom is -0.469 e. The van der Waals surface area contributed by atoms with Gasteiger partial charge in [0.25, 0.3) is 0 Å². The number of nitrogens with zero attached hydrogens (tertiary/aromatic N) is 2. The third-order valence-electron chi connectivity index (χ3n) is 4.16. The van der Waals surface area contributed by atoms with Crippen LogP contribution in [0.1, 0.15) is 5.76 Å². The van der Waals surface area contributed by atoms with Crippen molar-refractivity contribution in [3.05, 3.63) is 24.2 Å². The molecular weight excluding hydrogens is 214 g/mol. The Morgan fingerprint density at radius 2 is 2.24 bits per heavy atom. The minimum absolute atomic E-state index is 0.490. The molecular formula is C13H21N3O. The average molecular weight is 235 g/mol. The highest BCUT2D eigenvalue weighted by molar-refractivity contribution is 5.04. The number of piperazine rings is 3. The highest BCUT2D eigenvalue weighted by atomic mass is 16.3. The van der Waals surface area contributed by atoms with E-state index in [1.165, 1.54) is 32.7 Å². The Morgan fingerprint density at radius 3 is 2.76 bits per heavy atom. The molecule has 0 radical (unpaired) electrons. The summed E-state index contributed by atoms with van der Waals surface area (Å²) in [6, 6.07) is 5.16. The number of nitrogens with one attached hydrogen (secondary N) is 1. The van der Waals surface area contributed by atoms with Crippen molar-refractivity contribution in [1.82, 2.24) is 15.1 Å². The second-order valence-electron chi connectivity index (χ2n) is 5.08. The van der Waals surface area contributed by atoms with Crippen LogP contribution in [0.2, 0.25) is 0 Å². The molecule has 1 aromatic heterocycles. The van der Waals surface area contributed by atoms with Gasteiger partial charge in [-0.15, -0.1) is 0 Å². The van der Waals surface area contributed by atoms with Gasteiger partial charge in [-0.2, -0.15) is 0 Å². The van der Waals surface area contributed by atoms with Crippen LogP contribution in [-0.2, 0) is 6.42 Å². The molecule has 94 valence electrons. The van der Waals surface area contributed by atoms with Gasteiger partial charge in [0.2, 0.25) is 0 Å². The van der Waals surface area contributed by atoms with Crippen LogP contribution in [0, 0.1) is 0 Å². The van der Waals surface area contributed by atoms with Gasteiger partial charge in [0, 0.05) is 51.2 Å². The monoisotopic (exact) mass is 235 g/mol. The maximum absolute atomic E-state index is 5.46. The molecule has 3 fully saturated rings. The number of rotatable bonds is 4. The van der Waals surface area contributed by atoms with Crippen LogP contribution in [0.5, 0.6) is 0 Å². The van der Waals surface area contributed by atoms with E-state index in [-0.39, 0.29) is 0 Å². The van der Waals surface area contributed by atoms with E-state index in [2.05, 4.69) is 28.2 Å². The fourth-order valence-electron chi connectivity index (χ4n) is 3.12. The molecule has 1 aromatic rings.